The third-order valence-electron chi connectivity index (χ3n) is 15.3. The van der Waals surface area contributed by atoms with Gasteiger partial charge in [0.15, 0.2) is 0 Å². The van der Waals surface area contributed by atoms with Gasteiger partial charge in [-0.05, 0) is 128 Å². The van der Waals surface area contributed by atoms with Crippen molar-refractivity contribution in [2.45, 2.75) is 135 Å². The van der Waals surface area contributed by atoms with Crippen LogP contribution in [0.3, 0.4) is 0 Å². The Labute approximate surface area is 415 Å². The average Bonchev–Trinajstić information content (AvgIpc) is 4.13. The van der Waals surface area contributed by atoms with Gasteiger partial charge in [0.2, 0.25) is 11.8 Å². The highest BCUT2D eigenvalue weighted by Crippen LogP contribution is 2.41. The number of benzene rings is 7. The Bertz CT molecular complexity index is 3190. The highest BCUT2D eigenvalue weighted by molar-refractivity contribution is 6.09. The third-order valence-corrected chi connectivity index (χ3v) is 15.3. The van der Waals surface area contributed by atoms with Gasteiger partial charge in [0.05, 0.1) is 0 Å². The number of aromatic nitrogens is 4. The first-order valence-electron chi connectivity index (χ1n) is 26.7. The van der Waals surface area contributed by atoms with Gasteiger partial charge in [-0.3, -0.25) is 0 Å². The predicted molar refractivity (Wildman–Crippen MR) is 296 cm³/mol. The summed E-state index contributed by atoms with van der Waals surface area (Å²) in [5.74, 6) is 1.88. The van der Waals surface area contributed by atoms with E-state index < -0.39 is 0 Å². The molecule has 356 valence electrons. The Hall–Kier alpha value is -6.72. The van der Waals surface area contributed by atoms with Gasteiger partial charge >= 0.3 is 0 Å². The van der Waals surface area contributed by atoms with E-state index >= 15 is 0 Å². The van der Waals surface area contributed by atoms with Crippen LogP contribution in [0.25, 0.3) is 77.6 Å². The second-order valence-electron chi connectivity index (χ2n) is 20.0. The van der Waals surface area contributed by atoms with Crippen molar-refractivity contribution in [2.24, 2.45) is 0 Å². The highest BCUT2D eigenvalue weighted by Gasteiger charge is 2.23. The molecule has 3 heterocycles. The van der Waals surface area contributed by atoms with Crippen LogP contribution in [0, 0.1) is 0 Å². The molecule has 0 aliphatic rings. The average molecular weight is 923 g/mol. The second-order valence-corrected chi connectivity index (χ2v) is 20.0. The normalized spacial score (nSPS) is 13.2. The van der Waals surface area contributed by atoms with Crippen molar-refractivity contribution in [2.75, 3.05) is 0 Å². The van der Waals surface area contributed by atoms with Gasteiger partial charge in [0.25, 0.3) is 0 Å². The molecule has 0 saturated carbocycles. The molecular weight excluding hydrogens is 853 g/mol. The summed E-state index contributed by atoms with van der Waals surface area (Å²) in [4.78, 5) is 0. The van der Waals surface area contributed by atoms with Crippen LogP contribution in [0.1, 0.15) is 140 Å². The summed E-state index contributed by atoms with van der Waals surface area (Å²) < 4.78 is 11.3. The van der Waals surface area contributed by atoms with Crippen molar-refractivity contribution in [1.29, 1.82) is 0 Å². The lowest BCUT2D eigenvalue weighted by atomic mass is 9.80. The Kier molecular flexibility index (Phi) is 15.0. The molecule has 3 unspecified atom stereocenters. The summed E-state index contributed by atoms with van der Waals surface area (Å²) in [6.45, 7) is 8.19. The van der Waals surface area contributed by atoms with Crippen LogP contribution < -0.4 is 0 Å². The lowest BCUT2D eigenvalue weighted by Gasteiger charge is -2.26. The van der Waals surface area contributed by atoms with Gasteiger partial charge in [-0.15, -0.1) is 10.2 Å². The Morgan fingerprint density at radius 3 is 1.53 bits per heavy atom. The summed E-state index contributed by atoms with van der Waals surface area (Å²) in [7, 11) is 0. The number of aryl methyl sites for hydroxylation is 1. The molecule has 10 rings (SSSR count). The molecule has 5 heteroatoms. The molecule has 0 amide bonds. The Balaban J connectivity index is 0.896. The van der Waals surface area contributed by atoms with Gasteiger partial charge in [0.1, 0.15) is 0 Å². The van der Waals surface area contributed by atoms with Gasteiger partial charge < -0.3 is 13.6 Å². The van der Waals surface area contributed by atoms with E-state index in [1.54, 1.807) is 0 Å². The molecular formula is C65H70N4O. The smallest absolute Gasteiger partial charge is 0.248 e. The summed E-state index contributed by atoms with van der Waals surface area (Å²) >= 11 is 0. The second kappa shape index (κ2) is 22.4. The summed E-state index contributed by atoms with van der Waals surface area (Å²) in [5, 5.41) is 14.1. The number of hydrogen-bond acceptors (Lipinski definition) is 3. The van der Waals surface area contributed by atoms with Crippen molar-refractivity contribution in [3.63, 3.8) is 0 Å². The van der Waals surface area contributed by atoms with E-state index in [2.05, 4.69) is 180 Å². The Morgan fingerprint density at radius 1 is 0.429 bits per heavy atom. The minimum Gasteiger partial charge on any atom is -0.416 e. The fraction of sp³-hybridized carbons (Fsp3) is 0.323. The van der Waals surface area contributed by atoms with E-state index in [-0.39, 0.29) is 0 Å². The number of fused-ring (bicyclic) bond motifs is 6. The van der Waals surface area contributed by atoms with Gasteiger partial charge in [-0.25, -0.2) is 0 Å². The first-order valence-corrected chi connectivity index (χ1v) is 26.7. The first-order chi connectivity index (χ1) is 34.6. The minimum atomic E-state index is 0.343. The molecule has 10 aromatic rings. The quantitative estimate of drug-likeness (QED) is 0.0601. The minimum absolute atomic E-state index is 0.343. The summed E-state index contributed by atoms with van der Waals surface area (Å²) in [5.41, 5.74) is 12.5. The largest absolute Gasteiger partial charge is 0.416 e. The topological polar surface area (TPSA) is 48.8 Å². The van der Waals surface area contributed by atoms with Crippen molar-refractivity contribution in [3.8, 4) is 34.0 Å². The van der Waals surface area contributed by atoms with E-state index in [1.165, 1.54) is 130 Å². The number of hydrogen-bond donors (Lipinski definition) is 0. The fourth-order valence-corrected chi connectivity index (χ4v) is 11.4. The predicted octanol–water partition coefficient (Wildman–Crippen LogP) is 18.9. The molecule has 3 aromatic heterocycles. The Morgan fingerprint density at radius 2 is 0.914 bits per heavy atom. The maximum atomic E-state index is 6.06. The van der Waals surface area contributed by atoms with E-state index in [0.717, 1.165) is 43.4 Å². The molecule has 5 nitrogen and oxygen atoms in total. The molecule has 0 aliphatic carbocycles. The van der Waals surface area contributed by atoms with Crippen LogP contribution in [-0.4, -0.2) is 19.3 Å². The van der Waals surface area contributed by atoms with Crippen LogP contribution in [0.4, 0.5) is 0 Å². The zero-order valence-electron chi connectivity index (χ0n) is 41.7. The van der Waals surface area contributed by atoms with E-state index in [9.17, 15) is 0 Å². The fourth-order valence-electron chi connectivity index (χ4n) is 11.4. The van der Waals surface area contributed by atoms with E-state index in [1.807, 2.05) is 30.3 Å². The lowest BCUT2D eigenvalue weighted by Crippen LogP contribution is -2.11. The van der Waals surface area contributed by atoms with E-state index in [4.69, 9.17) is 4.42 Å². The first kappa shape index (κ1) is 47.0. The SMILES string of the molecule is CCCCCCCCCCCCn1c2ccccc2c2cc(C(CCC(C)n3c4ccccc4c4ccccc43)CC(CC)c3ccc(-c4ccc(-c5nnc(-c6ccccc6)o5)cc4)cc3)ccc21. The van der Waals surface area contributed by atoms with Crippen LogP contribution in [0.2, 0.25) is 0 Å². The summed E-state index contributed by atoms with van der Waals surface area (Å²) in [6, 6.07) is 62.7. The van der Waals surface area contributed by atoms with Crippen molar-refractivity contribution >= 4 is 43.6 Å². The van der Waals surface area contributed by atoms with Crippen molar-refractivity contribution < 1.29 is 4.42 Å². The molecule has 70 heavy (non-hydrogen) atoms. The third kappa shape index (κ3) is 10.3. The summed E-state index contributed by atoms with van der Waals surface area (Å²) in [6.07, 6.45) is 17.9. The van der Waals surface area contributed by atoms with Crippen LogP contribution in [0.15, 0.2) is 174 Å². The standard InChI is InChI=1S/C65H70N4O/c1-4-6-7-8-9-10-11-12-13-23-44-68-60-29-20-17-28-58(60)59-46-55(42-43-61(59)68)54(33-32-47(3)69-62-30-21-18-26-56(62)57-27-19-22-31-63(57)69)45-48(5-2)49-34-36-50(37-35-49)51-38-40-53(41-39-51)65-67-66-64(70-65)52-24-15-14-16-25-52/h14-22,24-31,34-43,46-48,54H,4-13,23,32-33,44-45H2,1-3H3. The molecule has 0 aliphatic heterocycles. The number of nitrogens with zero attached hydrogens (tertiary/aromatic N) is 4. The molecule has 0 bridgehead atoms. The van der Waals surface area contributed by atoms with Crippen molar-refractivity contribution in [3.05, 3.63) is 181 Å². The number of para-hydroxylation sites is 3. The van der Waals surface area contributed by atoms with Gasteiger partial charge in [0, 0.05) is 67.3 Å². The molecule has 0 fully saturated rings. The molecule has 0 spiro atoms. The number of rotatable bonds is 23. The van der Waals surface area contributed by atoms with Crippen molar-refractivity contribution in [1.82, 2.24) is 19.3 Å². The number of unbranched alkanes of at least 4 members (excludes halogenated alkanes) is 9. The zero-order chi connectivity index (χ0) is 47.7. The highest BCUT2D eigenvalue weighted by atomic mass is 16.4. The van der Waals surface area contributed by atoms with Gasteiger partial charge in [-0.1, -0.05) is 187 Å². The maximum Gasteiger partial charge on any atom is 0.248 e. The van der Waals surface area contributed by atoms with Crippen LogP contribution in [0.5, 0.6) is 0 Å². The maximum absolute atomic E-state index is 6.06. The lowest BCUT2D eigenvalue weighted by molar-refractivity contribution is 0.433. The van der Waals surface area contributed by atoms with E-state index in [0.29, 0.717) is 29.7 Å². The zero-order valence-corrected chi connectivity index (χ0v) is 41.7. The monoisotopic (exact) mass is 923 g/mol. The molecule has 0 N–H and O–H groups in total. The van der Waals surface area contributed by atoms with Crippen LogP contribution in [-0.2, 0) is 6.54 Å². The molecule has 3 atom stereocenters. The van der Waals surface area contributed by atoms with Crippen LogP contribution >= 0.6 is 0 Å². The van der Waals surface area contributed by atoms with Gasteiger partial charge in [-0.2, -0.15) is 0 Å². The molecule has 7 aromatic carbocycles. The molecule has 0 radical (unpaired) electrons. The molecule has 0 saturated heterocycles.